The number of carbonyl (C=O) groups excluding carboxylic acids is 1. The molecule has 2 rings (SSSR count). The van der Waals surface area contributed by atoms with E-state index in [9.17, 15) is 9.18 Å². The molecule has 104 valence electrons. The van der Waals surface area contributed by atoms with Gasteiger partial charge in [-0.25, -0.2) is 9.18 Å². The third kappa shape index (κ3) is 3.51. The lowest BCUT2D eigenvalue weighted by Crippen LogP contribution is -2.20. The van der Waals surface area contributed by atoms with Gasteiger partial charge in [0.05, 0.1) is 0 Å². The highest BCUT2D eigenvalue weighted by molar-refractivity contribution is 7.98. The van der Waals surface area contributed by atoms with E-state index >= 15 is 0 Å². The SMILES string of the molecule is CSc1ccc(NC(=O)Nc2cccc(F)c2C)cc1. The van der Waals surface area contributed by atoms with Crippen molar-refractivity contribution in [3.63, 3.8) is 0 Å². The van der Waals surface area contributed by atoms with Gasteiger partial charge < -0.3 is 10.6 Å². The summed E-state index contributed by atoms with van der Waals surface area (Å²) >= 11 is 1.63. The largest absolute Gasteiger partial charge is 0.323 e. The van der Waals surface area contributed by atoms with Gasteiger partial charge in [-0.15, -0.1) is 11.8 Å². The molecule has 0 heterocycles. The molecular formula is C15H15FN2OS. The molecule has 2 aromatic carbocycles. The van der Waals surface area contributed by atoms with Crippen LogP contribution in [0.5, 0.6) is 0 Å². The first-order valence-corrected chi connectivity index (χ1v) is 7.30. The van der Waals surface area contributed by atoms with Crippen LogP contribution >= 0.6 is 11.8 Å². The molecule has 0 atom stereocenters. The molecule has 0 aliphatic heterocycles. The number of rotatable bonds is 3. The van der Waals surface area contributed by atoms with Crippen molar-refractivity contribution >= 4 is 29.2 Å². The summed E-state index contributed by atoms with van der Waals surface area (Å²) in [6.45, 7) is 1.62. The van der Waals surface area contributed by atoms with Crippen LogP contribution in [0.4, 0.5) is 20.6 Å². The molecule has 0 bridgehead atoms. The van der Waals surface area contributed by atoms with Crippen molar-refractivity contribution in [3.05, 3.63) is 53.8 Å². The molecular weight excluding hydrogens is 275 g/mol. The maximum atomic E-state index is 13.4. The molecule has 2 amide bonds. The van der Waals surface area contributed by atoms with Crippen molar-refractivity contribution in [2.24, 2.45) is 0 Å². The minimum absolute atomic E-state index is 0.341. The van der Waals surface area contributed by atoms with Crippen molar-refractivity contribution in [1.82, 2.24) is 0 Å². The van der Waals surface area contributed by atoms with Crippen molar-refractivity contribution in [2.45, 2.75) is 11.8 Å². The predicted molar refractivity (Wildman–Crippen MR) is 82.0 cm³/mol. The summed E-state index contributed by atoms with van der Waals surface area (Å²) in [5.41, 5.74) is 1.57. The minimum atomic E-state index is -0.393. The number of amides is 2. The first-order valence-electron chi connectivity index (χ1n) is 6.07. The van der Waals surface area contributed by atoms with Gasteiger partial charge >= 0.3 is 6.03 Å². The third-order valence-corrected chi connectivity index (χ3v) is 3.61. The highest BCUT2D eigenvalue weighted by Gasteiger charge is 2.07. The van der Waals surface area contributed by atoms with Crippen LogP contribution in [0.2, 0.25) is 0 Å². The van der Waals surface area contributed by atoms with Crippen molar-refractivity contribution in [2.75, 3.05) is 16.9 Å². The number of urea groups is 1. The van der Waals surface area contributed by atoms with Gasteiger partial charge in [0, 0.05) is 21.8 Å². The lowest BCUT2D eigenvalue weighted by molar-refractivity contribution is 0.262. The number of carbonyl (C=O) groups is 1. The minimum Gasteiger partial charge on any atom is -0.308 e. The smallest absolute Gasteiger partial charge is 0.308 e. The third-order valence-electron chi connectivity index (χ3n) is 2.86. The summed E-state index contributed by atoms with van der Waals surface area (Å²) in [6, 6.07) is 11.7. The van der Waals surface area contributed by atoms with Crippen LogP contribution in [-0.4, -0.2) is 12.3 Å². The van der Waals surface area contributed by atoms with Crippen LogP contribution in [0, 0.1) is 12.7 Å². The summed E-state index contributed by atoms with van der Waals surface area (Å²) in [7, 11) is 0. The Kier molecular flexibility index (Phi) is 4.63. The first kappa shape index (κ1) is 14.4. The Bertz CT molecular complexity index is 614. The number of halogens is 1. The van der Waals surface area contributed by atoms with E-state index in [-0.39, 0.29) is 5.82 Å². The van der Waals surface area contributed by atoms with Crippen LogP contribution in [-0.2, 0) is 0 Å². The zero-order chi connectivity index (χ0) is 14.5. The normalized spacial score (nSPS) is 10.2. The summed E-state index contributed by atoms with van der Waals surface area (Å²) in [5, 5.41) is 5.34. The van der Waals surface area contributed by atoms with Crippen molar-refractivity contribution in [1.29, 1.82) is 0 Å². The molecule has 2 N–H and O–H groups in total. The number of hydrogen-bond acceptors (Lipinski definition) is 2. The van der Waals surface area contributed by atoms with Gasteiger partial charge in [0.1, 0.15) is 5.82 Å². The molecule has 0 radical (unpaired) electrons. The zero-order valence-electron chi connectivity index (χ0n) is 11.2. The van der Waals surface area contributed by atoms with E-state index in [4.69, 9.17) is 0 Å². The van der Waals surface area contributed by atoms with Gasteiger partial charge in [-0.1, -0.05) is 6.07 Å². The number of anilines is 2. The van der Waals surface area contributed by atoms with Gasteiger partial charge in [0.15, 0.2) is 0 Å². The van der Waals surface area contributed by atoms with Crippen LogP contribution in [0.15, 0.2) is 47.4 Å². The Morgan fingerprint density at radius 2 is 1.80 bits per heavy atom. The highest BCUT2D eigenvalue weighted by atomic mass is 32.2. The fourth-order valence-electron chi connectivity index (χ4n) is 1.70. The van der Waals surface area contributed by atoms with Gasteiger partial charge in [-0.05, 0) is 49.6 Å². The van der Waals surface area contributed by atoms with E-state index in [0.29, 0.717) is 16.9 Å². The average molecular weight is 290 g/mol. The molecule has 0 unspecified atom stereocenters. The summed E-state index contributed by atoms with van der Waals surface area (Å²) < 4.78 is 13.4. The van der Waals surface area contributed by atoms with E-state index in [2.05, 4.69) is 10.6 Å². The van der Waals surface area contributed by atoms with Gasteiger partial charge in [-0.2, -0.15) is 0 Å². The van der Waals surface area contributed by atoms with Crippen LogP contribution in [0.3, 0.4) is 0 Å². The van der Waals surface area contributed by atoms with Crippen molar-refractivity contribution in [3.8, 4) is 0 Å². The maximum Gasteiger partial charge on any atom is 0.323 e. The molecule has 0 aliphatic rings. The summed E-state index contributed by atoms with van der Waals surface area (Å²) in [6.07, 6.45) is 1.99. The van der Waals surface area contributed by atoms with E-state index < -0.39 is 6.03 Å². The Morgan fingerprint density at radius 1 is 1.10 bits per heavy atom. The van der Waals surface area contributed by atoms with E-state index in [0.717, 1.165) is 4.90 Å². The standard InChI is InChI=1S/C15H15FN2OS/c1-10-13(16)4-3-5-14(10)18-15(19)17-11-6-8-12(20-2)9-7-11/h3-9H,1-2H3,(H2,17,18,19). The second-order valence-electron chi connectivity index (χ2n) is 4.22. The van der Waals surface area contributed by atoms with E-state index in [1.807, 2.05) is 30.5 Å². The lowest BCUT2D eigenvalue weighted by atomic mass is 10.2. The molecule has 0 saturated heterocycles. The topological polar surface area (TPSA) is 41.1 Å². The lowest BCUT2D eigenvalue weighted by Gasteiger charge is -2.10. The van der Waals surface area contributed by atoms with Gasteiger partial charge in [0.2, 0.25) is 0 Å². The second kappa shape index (κ2) is 6.43. The van der Waals surface area contributed by atoms with Crippen molar-refractivity contribution < 1.29 is 9.18 Å². The molecule has 0 saturated carbocycles. The van der Waals surface area contributed by atoms with Gasteiger partial charge in [0.25, 0.3) is 0 Å². The quantitative estimate of drug-likeness (QED) is 0.817. The van der Waals surface area contributed by atoms with E-state index in [1.165, 1.54) is 6.07 Å². The molecule has 0 fully saturated rings. The first-order chi connectivity index (χ1) is 9.60. The highest BCUT2D eigenvalue weighted by Crippen LogP contribution is 2.19. The Labute approximate surface area is 121 Å². The Balaban J connectivity index is 2.03. The molecule has 20 heavy (non-hydrogen) atoms. The fraction of sp³-hybridized carbons (Fsp3) is 0.133. The zero-order valence-corrected chi connectivity index (χ0v) is 12.1. The predicted octanol–water partition coefficient (Wildman–Crippen LogP) is 4.50. The molecule has 0 spiro atoms. The second-order valence-corrected chi connectivity index (χ2v) is 5.10. The maximum absolute atomic E-state index is 13.4. The molecule has 0 aliphatic carbocycles. The molecule has 0 aromatic heterocycles. The summed E-state index contributed by atoms with van der Waals surface area (Å²) in [5.74, 6) is -0.341. The van der Waals surface area contributed by atoms with Gasteiger partial charge in [-0.3, -0.25) is 0 Å². The van der Waals surface area contributed by atoms with Crippen LogP contribution < -0.4 is 10.6 Å². The number of hydrogen-bond donors (Lipinski definition) is 2. The average Bonchev–Trinajstić information content (AvgIpc) is 2.45. The summed E-state index contributed by atoms with van der Waals surface area (Å²) in [4.78, 5) is 13.0. The Hall–Kier alpha value is -2.01. The Morgan fingerprint density at radius 3 is 2.45 bits per heavy atom. The molecule has 3 nitrogen and oxygen atoms in total. The number of benzene rings is 2. The molecule has 5 heteroatoms. The molecule has 2 aromatic rings. The monoisotopic (exact) mass is 290 g/mol. The van der Waals surface area contributed by atoms with E-state index in [1.54, 1.807) is 30.8 Å². The number of nitrogens with one attached hydrogen (secondary N) is 2. The fourth-order valence-corrected chi connectivity index (χ4v) is 2.11. The van der Waals surface area contributed by atoms with Crippen LogP contribution in [0.25, 0.3) is 0 Å². The number of thioether (sulfide) groups is 1. The van der Waals surface area contributed by atoms with Crippen LogP contribution in [0.1, 0.15) is 5.56 Å².